The SMILES string of the molecule is O=C(O)CCCCC[n+]1ccc(-c2nc3cc(Cl)c(OCCCS(=O)O)c(Cl)c3o2)c(Cl)c1. The summed E-state index contributed by atoms with van der Waals surface area (Å²) in [5.74, 6) is -0.210. The normalized spacial score (nSPS) is 12.2. The molecule has 0 aliphatic heterocycles. The lowest BCUT2D eigenvalue weighted by Crippen LogP contribution is -2.32. The summed E-state index contributed by atoms with van der Waals surface area (Å²) in [6.07, 6.45) is 6.42. The van der Waals surface area contributed by atoms with Crippen LogP contribution < -0.4 is 9.30 Å². The Balaban J connectivity index is 1.73. The number of benzene rings is 1. The zero-order valence-electron chi connectivity index (χ0n) is 17.4. The molecule has 2 N–H and O–H groups in total. The standard InChI is InChI=1S/C21H21Cl3N2O6S/c22-14-11-16-20(18(24)19(14)31-9-4-10-33(29)30)32-21(25-16)13-6-8-26(12-15(13)23)7-3-1-2-5-17(27)28/h6,8,11-12H,1-5,7,9-10H2,(H-,27,28,29,30)/p+1. The molecule has 1 atom stereocenters. The maximum Gasteiger partial charge on any atom is 0.303 e. The molecule has 2 heterocycles. The van der Waals surface area contributed by atoms with Gasteiger partial charge in [-0.25, -0.2) is 13.8 Å². The Bertz CT molecular complexity index is 1170. The lowest BCUT2D eigenvalue weighted by atomic mass is 10.2. The Morgan fingerprint density at radius 2 is 1.97 bits per heavy atom. The van der Waals surface area contributed by atoms with Gasteiger partial charge >= 0.3 is 5.97 Å². The van der Waals surface area contributed by atoms with Crippen LogP contribution in [0.1, 0.15) is 32.1 Å². The van der Waals surface area contributed by atoms with Crippen molar-refractivity contribution >= 4 is 63.0 Å². The number of nitrogens with zero attached hydrogens (tertiary/aromatic N) is 2. The van der Waals surface area contributed by atoms with Crippen LogP contribution in [0.2, 0.25) is 15.1 Å². The van der Waals surface area contributed by atoms with Crippen molar-refractivity contribution in [3.8, 4) is 17.2 Å². The highest BCUT2D eigenvalue weighted by Gasteiger charge is 2.21. The molecule has 0 aliphatic rings. The predicted octanol–water partition coefficient (Wildman–Crippen LogP) is 5.38. The fourth-order valence-corrected chi connectivity index (χ4v) is 4.38. The largest absolute Gasteiger partial charge is 0.490 e. The van der Waals surface area contributed by atoms with E-state index >= 15 is 0 Å². The number of fused-ring (bicyclic) bond motifs is 1. The van der Waals surface area contributed by atoms with Gasteiger partial charge in [0.1, 0.15) is 22.1 Å². The first kappa shape index (κ1) is 25.7. The molecule has 0 saturated carbocycles. The molecule has 178 valence electrons. The van der Waals surface area contributed by atoms with Gasteiger partial charge in [-0.05, 0) is 25.3 Å². The first-order valence-corrected chi connectivity index (χ1v) is 12.6. The fourth-order valence-electron chi connectivity index (χ4n) is 3.15. The molecule has 0 fully saturated rings. The van der Waals surface area contributed by atoms with Crippen molar-refractivity contribution in [2.75, 3.05) is 12.4 Å². The number of aliphatic carboxylic acids is 1. The fraction of sp³-hybridized carbons (Fsp3) is 0.381. The minimum Gasteiger partial charge on any atom is -0.490 e. The molecule has 3 aromatic rings. The van der Waals surface area contributed by atoms with Gasteiger partial charge < -0.3 is 18.8 Å². The Morgan fingerprint density at radius 3 is 2.67 bits per heavy atom. The maximum atomic E-state index is 10.8. The molecule has 0 amide bonds. The van der Waals surface area contributed by atoms with Gasteiger partial charge in [0.2, 0.25) is 5.89 Å². The molecule has 1 aromatic carbocycles. The number of ether oxygens (including phenoxy) is 1. The summed E-state index contributed by atoms with van der Waals surface area (Å²) in [5.41, 5.74) is 1.31. The van der Waals surface area contributed by atoms with Crippen molar-refractivity contribution in [2.45, 2.75) is 38.6 Å². The summed E-state index contributed by atoms with van der Waals surface area (Å²) in [7, 11) is 0. The number of hydrogen-bond acceptors (Lipinski definition) is 5. The highest BCUT2D eigenvalue weighted by Crippen LogP contribution is 2.41. The zero-order valence-corrected chi connectivity index (χ0v) is 20.5. The number of carbonyl (C=O) groups is 1. The molecular weight excluding hydrogens is 515 g/mol. The van der Waals surface area contributed by atoms with E-state index in [0.29, 0.717) is 41.1 Å². The van der Waals surface area contributed by atoms with Crippen LogP contribution in [-0.2, 0) is 22.4 Å². The van der Waals surface area contributed by atoms with E-state index < -0.39 is 17.0 Å². The summed E-state index contributed by atoms with van der Waals surface area (Å²) in [4.78, 5) is 15.0. The quantitative estimate of drug-likeness (QED) is 0.181. The number of aromatic nitrogens is 2. The van der Waals surface area contributed by atoms with E-state index in [-0.39, 0.29) is 40.5 Å². The van der Waals surface area contributed by atoms with Gasteiger partial charge in [0, 0.05) is 18.9 Å². The number of carboxylic acids is 1. The van der Waals surface area contributed by atoms with E-state index in [4.69, 9.17) is 53.6 Å². The number of halogens is 3. The van der Waals surface area contributed by atoms with Gasteiger partial charge in [0.25, 0.3) is 0 Å². The molecule has 0 spiro atoms. The molecule has 0 saturated heterocycles. The molecule has 0 aliphatic carbocycles. The lowest BCUT2D eigenvalue weighted by molar-refractivity contribution is -0.697. The van der Waals surface area contributed by atoms with Crippen LogP contribution in [0, 0.1) is 0 Å². The van der Waals surface area contributed by atoms with Crippen molar-refractivity contribution in [3.05, 3.63) is 39.6 Å². The van der Waals surface area contributed by atoms with Gasteiger partial charge in [-0.3, -0.25) is 4.79 Å². The van der Waals surface area contributed by atoms with E-state index in [0.717, 1.165) is 12.8 Å². The minimum absolute atomic E-state index is 0.0821. The van der Waals surface area contributed by atoms with Gasteiger partial charge in [-0.15, -0.1) is 0 Å². The van der Waals surface area contributed by atoms with E-state index in [9.17, 15) is 9.00 Å². The molecule has 33 heavy (non-hydrogen) atoms. The third-order valence-electron chi connectivity index (χ3n) is 4.75. The number of unbranched alkanes of at least 4 members (excludes halogenated alkanes) is 2. The van der Waals surface area contributed by atoms with Crippen LogP contribution in [0.4, 0.5) is 0 Å². The molecule has 12 heteroatoms. The Kier molecular flexibility index (Phi) is 9.34. The topological polar surface area (TPSA) is 114 Å². The van der Waals surface area contributed by atoms with Crippen molar-refractivity contribution in [1.29, 1.82) is 0 Å². The number of carboxylic acid groups (broad SMARTS) is 1. The summed E-state index contributed by atoms with van der Waals surface area (Å²) in [5, 5.41) is 9.53. The zero-order chi connectivity index (χ0) is 24.0. The second kappa shape index (κ2) is 12.0. The number of rotatable bonds is 12. The van der Waals surface area contributed by atoms with E-state index in [2.05, 4.69) is 4.98 Å². The summed E-state index contributed by atoms with van der Waals surface area (Å²) >= 11 is 17.3. The highest BCUT2D eigenvalue weighted by molar-refractivity contribution is 7.79. The Labute approximate surface area is 207 Å². The molecule has 8 nitrogen and oxygen atoms in total. The first-order chi connectivity index (χ1) is 15.8. The second-order valence-electron chi connectivity index (χ2n) is 7.25. The number of oxazole rings is 1. The summed E-state index contributed by atoms with van der Waals surface area (Å²) in [6, 6.07) is 3.36. The van der Waals surface area contributed by atoms with Crippen molar-refractivity contribution in [1.82, 2.24) is 4.98 Å². The smallest absolute Gasteiger partial charge is 0.303 e. The van der Waals surface area contributed by atoms with Crippen LogP contribution >= 0.6 is 34.8 Å². The van der Waals surface area contributed by atoms with Crippen LogP contribution in [0.3, 0.4) is 0 Å². The second-order valence-corrected chi connectivity index (χ2v) is 9.49. The number of pyridine rings is 1. The molecule has 3 rings (SSSR count). The third-order valence-corrected chi connectivity index (χ3v) is 6.31. The number of aryl methyl sites for hydroxylation is 1. The first-order valence-electron chi connectivity index (χ1n) is 10.2. The van der Waals surface area contributed by atoms with Crippen molar-refractivity contribution in [2.24, 2.45) is 0 Å². The van der Waals surface area contributed by atoms with Gasteiger partial charge in [0.15, 0.2) is 34.8 Å². The summed E-state index contributed by atoms with van der Waals surface area (Å²) < 4.78 is 33.0. The van der Waals surface area contributed by atoms with E-state index in [1.54, 1.807) is 18.3 Å². The van der Waals surface area contributed by atoms with Crippen molar-refractivity contribution < 1.29 is 32.4 Å². The van der Waals surface area contributed by atoms with Gasteiger partial charge in [-0.1, -0.05) is 34.8 Å². The monoisotopic (exact) mass is 535 g/mol. The van der Waals surface area contributed by atoms with Crippen LogP contribution in [0.5, 0.6) is 5.75 Å². The molecule has 0 bridgehead atoms. The molecule has 2 aromatic heterocycles. The van der Waals surface area contributed by atoms with Crippen LogP contribution in [-0.4, -0.2) is 37.2 Å². The average molecular weight is 537 g/mol. The van der Waals surface area contributed by atoms with E-state index in [1.165, 1.54) is 0 Å². The number of hydrogen-bond donors (Lipinski definition) is 2. The van der Waals surface area contributed by atoms with Gasteiger partial charge in [0.05, 0.1) is 22.9 Å². The van der Waals surface area contributed by atoms with Crippen molar-refractivity contribution in [3.63, 3.8) is 0 Å². The maximum absolute atomic E-state index is 10.8. The third kappa shape index (κ3) is 7.04. The average Bonchev–Trinajstić information content (AvgIpc) is 3.16. The Hall–Kier alpha value is -1.91. The van der Waals surface area contributed by atoms with Crippen LogP contribution in [0.25, 0.3) is 22.6 Å². The molecular formula is C21H22Cl3N2O6S+. The Morgan fingerprint density at radius 1 is 1.18 bits per heavy atom. The van der Waals surface area contributed by atoms with Crippen LogP contribution in [0.15, 0.2) is 28.9 Å². The van der Waals surface area contributed by atoms with E-state index in [1.807, 2.05) is 10.8 Å². The molecule has 0 radical (unpaired) electrons. The predicted molar refractivity (Wildman–Crippen MR) is 127 cm³/mol. The molecule has 1 unspecified atom stereocenters. The lowest BCUT2D eigenvalue weighted by Gasteiger charge is -2.09. The minimum atomic E-state index is -1.89. The van der Waals surface area contributed by atoms with Gasteiger partial charge in [-0.2, -0.15) is 0 Å². The highest BCUT2D eigenvalue weighted by atomic mass is 35.5. The summed E-state index contributed by atoms with van der Waals surface area (Å²) in [6.45, 7) is 0.873.